The predicted molar refractivity (Wildman–Crippen MR) is 79.8 cm³/mol. The van der Waals surface area contributed by atoms with E-state index < -0.39 is 5.41 Å². The van der Waals surface area contributed by atoms with Crippen molar-refractivity contribution in [2.75, 3.05) is 6.54 Å². The van der Waals surface area contributed by atoms with Crippen molar-refractivity contribution in [3.8, 4) is 0 Å². The Morgan fingerprint density at radius 3 is 2.05 bits per heavy atom. The second-order valence-corrected chi connectivity index (χ2v) is 6.72. The molecule has 0 aliphatic carbocycles. The fourth-order valence-corrected chi connectivity index (χ4v) is 1.64. The van der Waals surface area contributed by atoms with Gasteiger partial charge in [-0.25, -0.2) is 0 Å². The molecule has 1 amide bonds. The van der Waals surface area contributed by atoms with Gasteiger partial charge in [-0.1, -0.05) is 45.0 Å². The van der Waals surface area contributed by atoms with Crippen LogP contribution in [0.4, 0.5) is 0 Å². The van der Waals surface area contributed by atoms with Crippen LogP contribution < -0.4 is 11.1 Å². The average molecular weight is 262 g/mol. The van der Waals surface area contributed by atoms with Crippen LogP contribution in [-0.2, 0) is 16.8 Å². The fraction of sp³-hybridized carbons (Fsp3) is 0.562. The van der Waals surface area contributed by atoms with Crippen LogP contribution in [0.1, 0.15) is 45.7 Å². The van der Waals surface area contributed by atoms with Crippen molar-refractivity contribution < 1.29 is 4.79 Å². The molecule has 0 spiro atoms. The van der Waals surface area contributed by atoms with Gasteiger partial charge in [0.2, 0.25) is 5.91 Å². The maximum absolute atomic E-state index is 11.9. The summed E-state index contributed by atoms with van der Waals surface area (Å²) >= 11 is 0. The molecule has 19 heavy (non-hydrogen) atoms. The van der Waals surface area contributed by atoms with Crippen LogP contribution in [0.25, 0.3) is 0 Å². The second-order valence-electron chi connectivity index (χ2n) is 6.72. The number of hydrogen-bond donors (Lipinski definition) is 2. The lowest BCUT2D eigenvalue weighted by atomic mass is 9.86. The maximum atomic E-state index is 11.9. The molecule has 0 unspecified atom stereocenters. The number of carbonyl (C=O) groups excluding carboxylic acids is 1. The van der Waals surface area contributed by atoms with Crippen molar-refractivity contribution in [3.63, 3.8) is 0 Å². The third kappa shape index (κ3) is 4.35. The van der Waals surface area contributed by atoms with Gasteiger partial charge in [0.25, 0.3) is 0 Å². The smallest absolute Gasteiger partial charge is 0.227 e. The van der Waals surface area contributed by atoms with Gasteiger partial charge in [-0.3, -0.25) is 4.79 Å². The Bertz CT molecular complexity index is 427. The molecule has 106 valence electrons. The lowest BCUT2D eigenvalue weighted by molar-refractivity contribution is -0.129. The maximum Gasteiger partial charge on any atom is 0.227 e. The van der Waals surface area contributed by atoms with E-state index in [1.165, 1.54) is 5.56 Å². The highest BCUT2D eigenvalue weighted by Crippen LogP contribution is 2.22. The number of nitrogens with one attached hydrogen (secondary N) is 1. The first kappa shape index (κ1) is 15.7. The third-order valence-electron chi connectivity index (χ3n) is 3.40. The van der Waals surface area contributed by atoms with Crippen molar-refractivity contribution in [2.45, 2.75) is 46.6 Å². The number of amides is 1. The van der Waals surface area contributed by atoms with Crippen molar-refractivity contribution >= 4 is 5.91 Å². The van der Waals surface area contributed by atoms with E-state index in [-0.39, 0.29) is 11.3 Å². The molecule has 0 radical (unpaired) electrons. The molecule has 3 heteroatoms. The Kier molecular flexibility index (Phi) is 4.75. The summed E-state index contributed by atoms with van der Waals surface area (Å²) in [5, 5.41) is 2.93. The summed E-state index contributed by atoms with van der Waals surface area (Å²) in [5.74, 6) is -0.00472. The van der Waals surface area contributed by atoms with Crippen LogP contribution in [0.15, 0.2) is 24.3 Å². The van der Waals surface area contributed by atoms with Crippen LogP contribution in [0.5, 0.6) is 0 Å². The normalized spacial score (nSPS) is 12.3. The van der Waals surface area contributed by atoms with Crippen LogP contribution in [0, 0.1) is 5.41 Å². The summed E-state index contributed by atoms with van der Waals surface area (Å²) in [5.41, 5.74) is 7.63. The minimum absolute atomic E-state index is 0.00472. The quantitative estimate of drug-likeness (QED) is 0.876. The highest BCUT2D eigenvalue weighted by atomic mass is 16.2. The molecule has 0 aliphatic rings. The first-order valence-corrected chi connectivity index (χ1v) is 6.74. The summed E-state index contributed by atoms with van der Waals surface area (Å²) in [4.78, 5) is 11.9. The molecule has 0 bridgehead atoms. The van der Waals surface area contributed by atoms with Gasteiger partial charge in [0.1, 0.15) is 0 Å². The second kappa shape index (κ2) is 5.74. The lowest BCUT2D eigenvalue weighted by Gasteiger charge is -2.22. The molecule has 0 aromatic heterocycles. The van der Waals surface area contributed by atoms with Gasteiger partial charge in [-0.15, -0.1) is 0 Å². The Balaban J connectivity index is 2.63. The first-order chi connectivity index (χ1) is 8.66. The van der Waals surface area contributed by atoms with E-state index in [0.29, 0.717) is 13.1 Å². The average Bonchev–Trinajstić information content (AvgIpc) is 2.35. The Morgan fingerprint density at radius 1 is 1.11 bits per heavy atom. The van der Waals surface area contributed by atoms with Gasteiger partial charge in [-0.05, 0) is 30.4 Å². The van der Waals surface area contributed by atoms with E-state index in [1.54, 1.807) is 0 Å². The number of rotatable bonds is 4. The van der Waals surface area contributed by atoms with Crippen LogP contribution in [0.2, 0.25) is 0 Å². The number of nitrogens with two attached hydrogens (primary N) is 1. The molecule has 0 atom stereocenters. The fourth-order valence-electron chi connectivity index (χ4n) is 1.64. The molecule has 0 aliphatic heterocycles. The Morgan fingerprint density at radius 2 is 1.63 bits per heavy atom. The third-order valence-corrected chi connectivity index (χ3v) is 3.40. The van der Waals surface area contributed by atoms with E-state index in [1.807, 2.05) is 13.8 Å². The highest BCUT2D eigenvalue weighted by molar-refractivity contribution is 5.81. The minimum Gasteiger partial charge on any atom is -0.352 e. The largest absolute Gasteiger partial charge is 0.352 e. The van der Waals surface area contributed by atoms with Gasteiger partial charge < -0.3 is 11.1 Å². The Labute approximate surface area is 116 Å². The number of carbonyl (C=O) groups is 1. The van der Waals surface area contributed by atoms with E-state index in [0.717, 1.165) is 5.56 Å². The zero-order valence-electron chi connectivity index (χ0n) is 12.7. The summed E-state index contributed by atoms with van der Waals surface area (Å²) in [7, 11) is 0. The van der Waals surface area contributed by atoms with Gasteiger partial charge in [0, 0.05) is 13.1 Å². The molecule has 0 heterocycles. The van der Waals surface area contributed by atoms with Gasteiger partial charge >= 0.3 is 0 Å². The van der Waals surface area contributed by atoms with E-state index >= 15 is 0 Å². The summed E-state index contributed by atoms with van der Waals surface area (Å²) in [6, 6.07) is 8.37. The molecule has 1 rings (SSSR count). The van der Waals surface area contributed by atoms with E-state index in [9.17, 15) is 4.79 Å². The number of hydrogen-bond acceptors (Lipinski definition) is 2. The lowest BCUT2D eigenvalue weighted by Crippen LogP contribution is -2.41. The SMILES string of the molecule is CC(C)(CN)C(=O)NCc1ccc(C(C)(C)C)cc1. The summed E-state index contributed by atoms with van der Waals surface area (Å²) in [6.07, 6.45) is 0. The van der Waals surface area contributed by atoms with Gasteiger partial charge in [-0.2, -0.15) is 0 Å². The Hall–Kier alpha value is -1.35. The molecular weight excluding hydrogens is 236 g/mol. The summed E-state index contributed by atoms with van der Waals surface area (Å²) in [6.45, 7) is 11.2. The van der Waals surface area contributed by atoms with Crippen molar-refractivity contribution in [2.24, 2.45) is 11.1 Å². The molecule has 0 saturated carbocycles. The molecule has 3 N–H and O–H groups in total. The van der Waals surface area contributed by atoms with Crippen molar-refractivity contribution in [1.82, 2.24) is 5.32 Å². The van der Waals surface area contributed by atoms with Crippen LogP contribution >= 0.6 is 0 Å². The van der Waals surface area contributed by atoms with Crippen LogP contribution in [0.3, 0.4) is 0 Å². The standard InChI is InChI=1S/C16H26N2O/c1-15(2,3)13-8-6-12(7-9-13)10-18-14(19)16(4,5)11-17/h6-9H,10-11,17H2,1-5H3,(H,18,19). The molecule has 1 aromatic rings. The van der Waals surface area contributed by atoms with E-state index in [2.05, 4.69) is 50.4 Å². The zero-order chi connectivity index (χ0) is 14.7. The first-order valence-electron chi connectivity index (χ1n) is 6.74. The number of benzene rings is 1. The topological polar surface area (TPSA) is 55.1 Å². The molecule has 0 fully saturated rings. The van der Waals surface area contributed by atoms with Crippen molar-refractivity contribution in [3.05, 3.63) is 35.4 Å². The van der Waals surface area contributed by atoms with Gasteiger partial charge in [0.05, 0.1) is 5.41 Å². The molecule has 0 saturated heterocycles. The predicted octanol–water partition coefficient (Wildman–Crippen LogP) is 2.59. The van der Waals surface area contributed by atoms with Crippen molar-refractivity contribution in [1.29, 1.82) is 0 Å². The minimum atomic E-state index is -0.509. The van der Waals surface area contributed by atoms with Gasteiger partial charge in [0.15, 0.2) is 0 Å². The summed E-state index contributed by atoms with van der Waals surface area (Å²) < 4.78 is 0. The monoisotopic (exact) mass is 262 g/mol. The molecule has 3 nitrogen and oxygen atoms in total. The highest BCUT2D eigenvalue weighted by Gasteiger charge is 2.25. The van der Waals surface area contributed by atoms with Crippen LogP contribution in [-0.4, -0.2) is 12.5 Å². The molecule has 1 aromatic carbocycles. The molecular formula is C16H26N2O. The van der Waals surface area contributed by atoms with E-state index in [4.69, 9.17) is 5.73 Å². The zero-order valence-corrected chi connectivity index (χ0v) is 12.7.